The Hall–Kier alpha value is -4.42. The zero-order valence-electron chi connectivity index (χ0n) is 28.1. The molecule has 0 bridgehead atoms. The van der Waals surface area contributed by atoms with Crippen molar-refractivity contribution in [3.8, 4) is 22.6 Å². The molecular weight excluding hydrogens is 600 g/mol. The first-order valence-electron chi connectivity index (χ1n) is 16.2. The van der Waals surface area contributed by atoms with Crippen molar-refractivity contribution in [3.63, 3.8) is 0 Å². The van der Waals surface area contributed by atoms with Gasteiger partial charge in [0, 0.05) is 82.8 Å². The van der Waals surface area contributed by atoms with E-state index < -0.39 is 11.9 Å². The summed E-state index contributed by atoms with van der Waals surface area (Å²) >= 11 is 0. The van der Waals surface area contributed by atoms with Gasteiger partial charge in [0.15, 0.2) is 0 Å². The molecule has 6 rings (SSSR count). The van der Waals surface area contributed by atoms with Crippen molar-refractivity contribution in [1.29, 1.82) is 0 Å². The first kappa shape index (κ1) is 32.5. The Bertz CT molecular complexity index is 1710. The van der Waals surface area contributed by atoms with Crippen LogP contribution in [0.4, 0.5) is 4.79 Å². The number of rotatable bonds is 8. The number of carbonyl (C=O) groups excluding carboxylic acids is 3. The molecule has 12 heteroatoms. The van der Waals surface area contributed by atoms with Crippen molar-refractivity contribution >= 4 is 17.8 Å². The van der Waals surface area contributed by atoms with Crippen molar-refractivity contribution in [2.75, 3.05) is 54.0 Å². The highest BCUT2D eigenvalue weighted by atomic mass is 16.5. The van der Waals surface area contributed by atoms with Crippen LogP contribution in [0.25, 0.3) is 11.1 Å². The molecular formula is C35H44N6O6. The molecule has 250 valence electrons. The zero-order chi connectivity index (χ0) is 33.6. The lowest BCUT2D eigenvalue weighted by atomic mass is 9.95. The van der Waals surface area contributed by atoms with Crippen LogP contribution >= 0.6 is 0 Å². The minimum absolute atomic E-state index is 0.00443. The molecule has 1 aromatic heterocycles. The fourth-order valence-corrected chi connectivity index (χ4v) is 7.41. The number of carbonyl (C=O) groups is 3. The highest BCUT2D eigenvalue weighted by Gasteiger charge is 2.48. The highest BCUT2D eigenvalue weighted by Crippen LogP contribution is 2.39. The van der Waals surface area contributed by atoms with Crippen molar-refractivity contribution in [2.45, 2.75) is 51.7 Å². The van der Waals surface area contributed by atoms with Gasteiger partial charge in [-0.3, -0.25) is 34.4 Å². The molecule has 0 saturated carbocycles. The molecule has 4 aliphatic rings. The number of hydrogen-bond acceptors (Lipinski definition) is 8. The number of benzene rings is 1. The molecule has 3 aliphatic heterocycles. The maximum Gasteiger partial charge on any atom is 0.325 e. The van der Waals surface area contributed by atoms with Gasteiger partial charge in [-0.05, 0) is 55.5 Å². The molecule has 2 unspecified atom stereocenters. The molecule has 2 atom stereocenters. The number of pyridine rings is 1. The molecule has 4 heterocycles. The van der Waals surface area contributed by atoms with Crippen LogP contribution in [-0.2, 0) is 23.2 Å². The van der Waals surface area contributed by atoms with Gasteiger partial charge in [-0.1, -0.05) is 12.2 Å². The third-order valence-electron chi connectivity index (χ3n) is 10.2. The summed E-state index contributed by atoms with van der Waals surface area (Å²) in [6.07, 6.45) is 7.29. The molecule has 1 N–H and O–H groups in total. The van der Waals surface area contributed by atoms with Gasteiger partial charge in [0.2, 0.25) is 11.8 Å². The lowest BCUT2D eigenvalue weighted by molar-refractivity contribution is -0.136. The number of fused-ring (bicyclic) bond motifs is 1. The van der Waals surface area contributed by atoms with E-state index in [-0.39, 0.29) is 30.0 Å². The Morgan fingerprint density at radius 1 is 0.872 bits per heavy atom. The maximum atomic E-state index is 13.4. The smallest absolute Gasteiger partial charge is 0.325 e. The largest absolute Gasteiger partial charge is 0.496 e. The van der Waals surface area contributed by atoms with E-state index in [1.807, 2.05) is 32.2 Å². The van der Waals surface area contributed by atoms with E-state index in [0.29, 0.717) is 25.9 Å². The molecule has 2 aromatic rings. The predicted octanol–water partition coefficient (Wildman–Crippen LogP) is 2.56. The second-order valence-corrected chi connectivity index (χ2v) is 12.9. The SMILES string of the molecule is COc1cc(-c2cn(C)c(=O)c(C)c2C)cc(OC)c1CN1CCN(CC2=C3C(CC=C2)N(C2CCC(=O)NC2=O)C(=O)N3C)CC1. The molecule has 12 nitrogen and oxygen atoms in total. The average molecular weight is 645 g/mol. The summed E-state index contributed by atoms with van der Waals surface area (Å²) in [5.74, 6) is 0.808. The summed E-state index contributed by atoms with van der Waals surface area (Å²) in [7, 11) is 6.89. The van der Waals surface area contributed by atoms with Gasteiger partial charge in [0.25, 0.3) is 5.56 Å². The Kier molecular flexibility index (Phi) is 8.99. The van der Waals surface area contributed by atoms with Crippen LogP contribution in [0.5, 0.6) is 11.5 Å². The third-order valence-corrected chi connectivity index (χ3v) is 10.2. The van der Waals surface area contributed by atoms with Crippen molar-refractivity contribution < 1.29 is 23.9 Å². The molecule has 0 spiro atoms. The number of methoxy groups -OCH3 is 2. The average Bonchev–Trinajstić information content (AvgIpc) is 3.32. The van der Waals surface area contributed by atoms with E-state index in [1.165, 1.54) is 0 Å². The van der Waals surface area contributed by atoms with E-state index >= 15 is 0 Å². The summed E-state index contributed by atoms with van der Waals surface area (Å²) in [4.78, 5) is 58.4. The minimum Gasteiger partial charge on any atom is -0.496 e. The number of ether oxygens (including phenoxy) is 2. The summed E-state index contributed by atoms with van der Waals surface area (Å²) < 4.78 is 13.4. The van der Waals surface area contributed by atoms with Gasteiger partial charge in [-0.2, -0.15) is 0 Å². The van der Waals surface area contributed by atoms with Crippen LogP contribution in [0.1, 0.15) is 36.0 Å². The number of likely N-dealkylation sites (N-methyl/N-ethyl adjacent to an activating group) is 1. The van der Waals surface area contributed by atoms with E-state index in [4.69, 9.17) is 9.47 Å². The number of nitrogens with one attached hydrogen (secondary N) is 1. The molecule has 1 aromatic carbocycles. The van der Waals surface area contributed by atoms with Gasteiger partial charge in [0.1, 0.15) is 17.5 Å². The van der Waals surface area contributed by atoms with Crippen LogP contribution in [0.15, 0.2) is 46.5 Å². The van der Waals surface area contributed by atoms with Gasteiger partial charge in [-0.25, -0.2) is 4.79 Å². The fraction of sp³-hybridized carbons (Fsp3) is 0.486. The number of aryl methyl sites for hydroxylation is 1. The number of urea groups is 1. The zero-order valence-corrected chi connectivity index (χ0v) is 28.1. The van der Waals surface area contributed by atoms with Crippen molar-refractivity contribution in [1.82, 2.24) is 29.5 Å². The Morgan fingerprint density at radius 2 is 1.51 bits per heavy atom. The lowest BCUT2D eigenvalue weighted by Gasteiger charge is -2.37. The lowest BCUT2D eigenvalue weighted by Crippen LogP contribution is -2.55. The third kappa shape index (κ3) is 5.96. The van der Waals surface area contributed by atoms with Crippen LogP contribution in [0.2, 0.25) is 0 Å². The second-order valence-electron chi connectivity index (χ2n) is 12.9. The number of nitrogens with zero attached hydrogens (tertiary/aromatic N) is 5. The molecule has 1 aliphatic carbocycles. The summed E-state index contributed by atoms with van der Waals surface area (Å²) in [6.45, 7) is 8.59. The van der Waals surface area contributed by atoms with Crippen molar-refractivity contribution in [3.05, 3.63) is 68.8 Å². The summed E-state index contributed by atoms with van der Waals surface area (Å²) in [5, 5.41) is 2.40. The normalized spacial score (nSPS) is 22.2. The van der Waals surface area contributed by atoms with Gasteiger partial charge < -0.3 is 18.9 Å². The first-order valence-corrected chi connectivity index (χ1v) is 16.2. The number of imide groups is 1. The standard InChI is InChI=1S/C35H44N6O6/c1-21-22(2)34(44)37(3)19-25(21)24-16-29(46-5)26(30(17-24)47-6)20-40-14-12-39(13-15-40)18-23-8-7-9-27-32(23)38(4)35(45)41(27)28-10-11-31(42)36-33(28)43/h7-8,16-17,19,27-28H,9-15,18,20H2,1-6H3,(H,36,42,43). The monoisotopic (exact) mass is 644 g/mol. The van der Waals surface area contributed by atoms with E-state index in [9.17, 15) is 19.2 Å². The maximum absolute atomic E-state index is 13.4. The van der Waals surface area contributed by atoms with Crippen LogP contribution < -0.4 is 20.3 Å². The molecule has 3 fully saturated rings. The van der Waals surface area contributed by atoms with Crippen LogP contribution in [0, 0.1) is 13.8 Å². The minimum atomic E-state index is -0.640. The Balaban J connectivity index is 1.15. The van der Waals surface area contributed by atoms with E-state index in [2.05, 4.69) is 27.3 Å². The number of amides is 4. The topological polar surface area (TPSA) is 117 Å². The first-order chi connectivity index (χ1) is 22.5. The summed E-state index contributed by atoms with van der Waals surface area (Å²) in [5.41, 5.74) is 6.57. The number of hydrogen-bond donors (Lipinski definition) is 1. The Labute approximate surface area is 275 Å². The second kappa shape index (κ2) is 13.0. The van der Waals surface area contributed by atoms with Crippen molar-refractivity contribution in [2.24, 2.45) is 7.05 Å². The molecule has 47 heavy (non-hydrogen) atoms. The molecule has 4 amide bonds. The van der Waals surface area contributed by atoms with Crippen LogP contribution in [0.3, 0.4) is 0 Å². The predicted molar refractivity (Wildman–Crippen MR) is 177 cm³/mol. The number of piperazine rings is 1. The summed E-state index contributed by atoms with van der Waals surface area (Å²) in [6, 6.07) is 3.00. The Morgan fingerprint density at radius 3 is 2.13 bits per heavy atom. The number of piperidine rings is 1. The number of aromatic nitrogens is 1. The van der Waals surface area contributed by atoms with E-state index in [0.717, 1.165) is 76.8 Å². The van der Waals surface area contributed by atoms with E-state index in [1.54, 1.807) is 42.7 Å². The highest BCUT2D eigenvalue weighted by molar-refractivity contribution is 6.02. The molecule has 0 radical (unpaired) electrons. The molecule has 3 saturated heterocycles. The quantitative estimate of drug-likeness (QED) is 0.436. The fourth-order valence-electron chi connectivity index (χ4n) is 7.41. The van der Waals surface area contributed by atoms with Crippen LogP contribution in [-0.4, -0.2) is 108 Å². The van der Waals surface area contributed by atoms with Gasteiger partial charge in [0.05, 0.1) is 25.8 Å². The van der Waals surface area contributed by atoms with Gasteiger partial charge >= 0.3 is 6.03 Å². The van der Waals surface area contributed by atoms with Gasteiger partial charge in [-0.15, -0.1) is 0 Å².